The molecule has 0 heterocycles. The molecule has 0 aliphatic heterocycles. The Balaban J connectivity index is 2.84. The minimum absolute atomic E-state index is 0.117. The summed E-state index contributed by atoms with van der Waals surface area (Å²) >= 11 is 0. The molecule has 2 rings (SSSR count). The van der Waals surface area contributed by atoms with Crippen molar-refractivity contribution >= 4 is 15.8 Å². The lowest BCUT2D eigenvalue weighted by Gasteiger charge is -2.11. The summed E-state index contributed by atoms with van der Waals surface area (Å²) in [5.74, 6) is -3.80. The summed E-state index contributed by atoms with van der Waals surface area (Å²) in [6.45, 7) is 0. The predicted molar refractivity (Wildman–Crippen MR) is 71.9 cm³/mol. The molecule has 0 unspecified atom stereocenters. The second-order valence-corrected chi connectivity index (χ2v) is 6.34. The Morgan fingerprint density at radius 3 is 2.19 bits per heavy atom. The van der Waals surface area contributed by atoms with E-state index in [2.05, 4.69) is 0 Å². The van der Waals surface area contributed by atoms with Gasteiger partial charge in [0, 0.05) is 17.4 Å². The Labute approximate surface area is 119 Å². The zero-order chi connectivity index (χ0) is 15.8. The van der Waals surface area contributed by atoms with Crippen molar-refractivity contribution in [2.24, 2.45) is 0 Å². The van der Waals surface area contributed by atoms with Gasteiger partial charge >= 0.3 is 5.97 Å². The van der Waals surface area contributed by atoms with Crippen LogP contribution in [0.25, 0.3) is 11.1 Å². The highest BCUT2D eigenvalue weighted by Gasteiger charge is 2.25. The van der Waals surface area contributed by atoms with Crippen molar-refractivity contribution < 1.29 is 27.1 Å². The third kappa shape index (κ3) is 2.78. The summed E-state index contributed by atoms with van der Waals surface area (Å²) in [7, 11) is -3.93. The molecular weight excluding hydrogens is 302 g/mol. The van der Waals surface area contributed by atoms with E-state index in [-0.39, 0.29) is 11.1 Å². The van der Waals surface area contributed by atoms with Crippen molar-refractivity contribution in [2.45, 2.75) is 4.90 Å². The van der Waals surface area contributed by atoms with Gasteiger partial charge < -0.3 is 5.11 Å². The molecule has 0 atom stereocenters. The molecule has 21 heavy (non-hydrogen) atoms. The van der Waals surface area contributed by atoms with Crippen LogP contribution >= 0.6 is 0 Å². The topological polar surface area (TPSA) is 71.4 Å². The largest absolute Gasteiger partial charge is 0.478 e. The first kappa shape index (κ1) is 15.1. The van der Waals surface area contributed by atoms with Crippen LogP contribution in [0.2, 0.25) is 0 Å². The Morgan fingerprint density at radius 1 is 1.05 bits per heavy atom. The number of hydrogen-bond acceptors (Lipinski definition) is 3. The van der Waals surface area contributed by atoms with Gasteiger partial charge in [0.15, 0.2) is 15.7 Å². The van der Waals surface area contributed by atoms with Crippen LogP contribution in [0.4, 0.5) is 8.78 Å². The summed E-state index contributed by atoms with van der Waals surface area (Å²) < 4.78 is 50.8. The molecule has 2 aromatic rings. The van der Waals surface area contributed by atoms with E-state index in [1.165, 1.54) is 18.2 Å². The van der Waals surface area contributed by atoms with Gasteiger partial charge in [-0.2, -0.15) is 0 Å². The highest BCUT2D eigenvalue weighted by atomic mass is 32.2. The molecule has 0 fully saturated rings. The first-order chi connectivity index (χ1) is 9.73. The van der Waals surface area contributed by atoms with Gasteiger partial charge in [-0.05, 0) is 12.1 Å². The molecular formula is C14H10F2O4S. The minimum Gasteiger partial charge on any atom is -0.478 e. The van der Waals surface area contributed by atoms with E-state index in [1.807, 2.05) is 0 Å². The average molecular weight is 312 g/mol. The zero-order valence-corrected chi connectivity index (χ0v) is 11.6. The van der Waals surface area contributed by atoms with E-state index in [4.69, 9.17) is 5.11 Å². The first-order valence-electron chi connectivity index (χ1n) is 5.74. The third-order valence-corrected chi connectivity index (χ3v) is 4.00. The number of carboxylic acids is 1. The molecule has 0 bridgehead atoms. The SMILES string of the molecule is CS(=O)(=O)c1ccc(-c2ccccc2F)c(C(=O)O)c1F. The third-order valence-electron chi connectivity index (χ3n) is 2.88. The number of carbonyl (C=O) groups is 1. The van der Waals surface area contributed by atoms with Crippen LogP contribution in [0.5, 0.6) is 0 Å². The number of hydrogen-bond donors (Lipinski definition) is 1. The number of carboxylic acid groups (broad SMARTS) is 1. The van der Waals surface area contributed by atoms with Gasteiger partial charge in [-0.1, -0.05) is 24.3 Å². The summed E-state index contributed by atoms with van der Waals surface area (Å²) in [6, 6.07) is 7.27. The van der Waals surface area contributed by atoms with E-state index in [0.717, 1.165) is 24.5 Å². The second-order valence-electron chi connectivity index (χ2n) is 4.36. The number of rotatable bonds is 3. The Bertz CT molecular complexity index is 829. The van der Waals surface area contributed by atoms with Crippen molar-refractivity contribution in [1.29, 1.82) is 0 Å². The van der Waals surface area contributed by atoms with Gasteiger partial charge in [0.2, 0.25) is 0 Å². The smallest absolute Gasteiger partial charge is 0.339 e. The van der Waals surface area contributed by atoms with Crippen molar-refractivity contribution in [3.05, 3.63) is 53.6 Å². The number of aromatic carboxylic acids is 1. The van der Waals surface area contributed by atoms with Crippen LogP contribution in [0, 0.1) is 11.6 Å². The molecule has 2 aromatic carbocycles. The van der Waals surface area contributed by atoms with Gasteiger partial charge in [0.25, 0.3) is 0 Å². The summed E-state index contributed by atoms with van der Waals surface area (Å²) in [5.41, 5.74) is -1.21. The van der Waals surface area contributed by atoms with Crippen molar-refractivity contribution in [3.63, 3.8) is 0 Å². The molecule has 7 heteroatoms. The molecule has 0 saturated carbocycles. The molecule has 4 nitrogen and oxygen atoms in total. The maximum Gasteiger partial charge on any atom is 0.339 e. The average Bonchev–Trinajstić information content (AvgIpc) is 2.36. The van der Waals surface area contributed by atoms with E-state index < -0.39 is 37.9 Å². The minimum atomic E-state index is -3.93. The lowest BCUT2D eigenvalue weighted by Crippen LogP contribution is -2.10. The molecule has 0 amide bonds. The number of benzene rings is 2. The van der Waals surface area contributed by atoms with Gasteiger partial charge in [-0.15, -0.1) is 0 Å². The van der Waals surface area contributed by atoms with E-state index in [9.17, 15) is 22.0 Å². The number of sulfone groups is 1. The second kappa shape index (κ2) is 5.25. The lowest BCUT2D eigenvalue weighted by molar-refractivity contribution is 0.0692. The van der Waals surface area contributed by atoms with E-state index in [1.54, 1.807) is 0 Å². The van der Waals surface area contributed by atoms with Gasteiger partial charge in [-0.3, -0.25) is 0 Å². The Kier molecular flexibility index (Phi) is 3.78. The van der Waals surface area contributed by atoms with Crippen LogP contribution in [0.3, 0.4) is 0 Å². The molecule has 0 aliphatic carbocycles. The quantitative estimate of drug-likeness (QED) is 0.946. The fourth-order valence-electron chi connectivity index (χ4n) is 1.96. The molecule has 0 aliphatic rings. The van der Waals surface area contributed by atoms with Crippen molar-refractivity contribution in [2.75, 3.05) is 6.26 Å². The van der Waals surface area contributed by atoms with Crippen LogP contribution < -0.4 is 0 Å². The first-order valence-corrected chi connectivity index (χ1v) is 7.63. The fraction of sp³-hybridized carbons (Fsp3) is 0.0714. The Hall–Kier alpha value is -2.28. The van der Waals surface area contributed by atoms with Gasteiger partial charge in [0.05, 0.1) is 0 Å². The lowest BCUT2D eigenvalue weighted by atomic mass is 9.99. The zero-order valence-electron chi connectivity index (χ0n) is 10.8. The molecule has 1 N–H and O–H groups in total. The summed E-state index contributed by atoms with van der Waals surface area (Å²) in [5, 5.41) is 9.13. The van der Waals surface area contributed by atoms with E-state index >= 15 is 0 Å². The van der Waals surface area contributed by atoms with Gasteiger partial charge in [0.1, 0.15) is 16.3 Å². The molecule has 0 aromatic heterocycles. The maximum atomic E-state index is 14.2. The standard InChI is InChI=1S/C14H10F2O4S/c1-21(19,20)11-7-6-9(12(13(11)16)14(17)18)8-4-2-3-5-10(8)15/h2-7H,1H3,(H,17,18). The molecule has 0 saturated heterocycles. The molecule has 0 spiro atoms. The van der Waals surface area contributed by atoms with E-state index in [0.29, 0.717) is 0 Å². The molecule has 110 valence electrons. The predicted octanol–water partition coefficient (Wildman–Crippen LogP) is 2.73. The Morgan fingerprint density at radius 2 is 1.67 bits per heavy atom. The summed E-state index contributed by atoms with van der Waals surface area (Å²) in [4.78, 5) is 10.5. The van der Waals surface area contributed by atoms with Crippen LogP contribution in [-0.4, -0.2) is 25.7 Å². The maximum absolute atomic E-state index is 14.2. The van der Waals surface area contributed by atoms with Crippen LogP contribution in [-0.2, 0) is 9.84 Å². The number of halogens is 2. The molecule has 0 radical (unpaired) electrons. The normalized spacial score (nSPS) is 11.4. The van der Waals surface area contributed by atoms with Crippen LogP contribution in [0.15, 0.2) is 41.3 Å². The van der Waals surface area contributed by atoms with Crippen LogP contribution in [0.1, 0.15) is 10.4 Å². The van der Waals surface area contributed by atoms with Crippen molar-refractivity contribution in [1.82, 2.24) is 0 Å². The van der Waals surface area contributed by atoms with Gasteiger partial charge in [-0.25, -0.2) is 22.0 Å². The summed E-state index contributed by atoms with van der Waals surface area (Å²) in [6.07, 6.45) is 0.764. The highest BCUT2D eigenvalue weighted by molar-refractivity contribution is 7.90. The monoisotopic (exact) mass is 312 g/mol. The van der Waals surface area contributed by atoms with Crippen molar-refractivity contribution in [3.8, 4) is 11.1 Å². The highest BCUT2D eigenvalue weighted by Crippen LogP contribution is 2.31. The fourth-order valence-corrected chi connectivity index (χ4v) is 2.70.